The number of para-hydroxylation sites is 1. The highest BCUT2D eigenvalue weighted by Crippen LogP contribution is 2.38. The van der Waals surface area contributed by atoms with Crippen molar-refractivity contribution in [3.8, 4) is 16.9 Å². The van der Waals surface area contributed by atoms with Gasteiger partial charge in [0.25, 0.3) is 5.91 Å². The van der Waals surface area contributed by atoms with Crippen LogP contribution in [0, 0.1) is 19.7 Å². The smallest absolute Gasteiger partial charge is 0.335 e. The van der Waals surface area contributed by atoms with E-state index in [0.29, 0.717) is 28.1 Å². The topological polar surface area (TPSA) is 102 Å². The van der Waals surface area contributed by atoms with E-state index in [1.807, 2.05) is 26.0 Å². The fourth-order valence-electron chi connectivity index (χ4n) is 4.25. The molecule has 1 aliphatic heterocycles. The number of phenols is 1. The number of carbonyl (C=O) groups excluding carboxylic acids is 1. The number of carbonyl (C=O) groups is 2. The number of hydrogen-bond acceptors (Lipinski definition) is 5. The highest BCUT2D eigenvalue weighted by molar-refractivity contribution is 6.55. The molecule has 0 spiro atoms. The summed E-state index contributed by atoms with van der Waals surface area (Å²) in [6, 6.07) is 20.7. The number of benzene rings is 4. The minimum Gasteiger partial charge on any atom is -0.505 e. The summed E-state index contributed by atoms with van der Waals surface area (Å²) < 4.78 is 14.2. The fraction of sp³-hybridized carbons (Fsp3) is 0.0690. The van der Waals surface area contributed by atoms with Gasteiger partial charge in [-0.25, -0.2) is 9.18 Å². The Labute approximate surface area is 212 Å². The lowest BCUT2D eigenvalue weighted by Crippen LogP contribution is -2.26. The van der Waals surface area contributed by atoms with E-state index in [4.69, 9.17) is 0 Å². The number of amides is 1. The minimum atomic E-state index is -1.08. The molecular weight excluding hydrogens is 473 g/mol. The fourth-order valence-corrected chi connectivity index (χ4v) is 4.25. The quantitative estimate of drug-likeness (QED) is 0.233. The Kier molecular flexibility index (Phi) is 5.93. The van der Waals surface area contributed by atoms with Gasteiger partial charge in [-0.3, -0.25) is 15.1 Å². The third-order valence-electron chi connectivity index (χ3n) is 6.35. The lowest BCUT2D eigenvalue weighted by Gasteiger charge is -2.18. The van der Waals surface area contributed by atoms with E-state index in [2.05, 4.69) is 10.5 Å². The van der Waals surface area contributed by atoms with Crippen LogP contribution in [0.25, 0.3) is 11.1 Å². The van der Waals surface area contributed by atoms with Crippen molar-refractivity contribution >= 4 is 34.7 Å². The van der Waals surface area contributed by atoms with Crippen molar-refractivity contribution in [3.05, 3.63) is 107 Å². The maximum atomic E-state index is 14.2. The Hall–Kier alpha value is -4.98. The van der Waals surface area contributed by atoms with E-state index >= 15 is 0 Å². The summed E-state index contributed by atoms with van der Waals surface area (Å²) in [6.45, 7) is 3.90. The van der Waals surface area contributed by atoms with Crippen molar-refractivity contribution in [2.75, 3.05) is 10.3 Å². The zero-order valence-corrected chi connectivity index (χ0v) is 20.0. The summed E-state index contributed by atoms with van der Waals surface area (Å²) in [5, 5.41) is 24.5. The van der Waals surface area contributed by atoms with Crippen LogP contribution in [0.5, 0.6) is 5.75 Å². The number of phenolic OH excluding ortho intramolecular Hbond substituents is 1. The first-order chi connectivity index (χ1) is 17.7. The number of carboxylic acid groups (broad SMARTS) is 1. The molecular formula is C29H22FN3O4. The van der Waals surface area contributed by atoms with E-state index in [0.717, 1.165) is 11.1 Å². The average molecular weight is 496 g/mol. The van der Waals surface area contributed by atoms with Gasteiger partial charge in [-0.2, -0.15) is 5.10 Å². The predicted octanol–water partition coefficient (Wildman–Crippen LogP) is 6.01. The summed E-state index contributed by atoms with van der Waals surface area (Å²) in [5.41, 5.74) is 7.48. The molecule has 0 fully saturated rings. The van der Waals surface area contributed by atoms with Crippen LogP contribution in [-0.2, 0) is 4.79 Å². The largest absolute Gasteiger partial charge is 0.505 e. The molecule has 0 saturated carbocycles. The van der Waals surface area contributed by atoms with Gasteiger partial charge < -0.3 is 10.2 Å². The number of fused-ring (bicyclic) bond motifs is 1. The van der Waals surface area contributed by atoms with E-state index in [9.17, 15) is 24.2 Å². The van der Waals surface area contributed by atoms with Crippen molar-refractivity contribution in [2.45, 2.75) is 13.8 Å². The predicted molar refractivity (Wildman–Crippen MR) is 140 cm³/mol. The molecule has 1 amide bonds. The SMILES string of the molecule is Cc1ccc(N2C(=O)C(=NNc3cccc(-c4cccc(C(=O)O)c4)c3O)c3ccc(F)cc32)cc1C. The molecule has 8 heteroatoms. The van der Waals surface area contributed by atoms with Gasteiger partial charge in [0.05, 0.1) is 16.9 Å². The second kappa shape index (κ2) is 9.23. The molecule has 4 aromatic rings. The first kappa shape index (κ1) is 23.7. The Morgan fingerprint density at radius 3 is 2.46 bits per heavy atom. The number of aryl methyl sites for hydroxylation is 2. The molecule has 0 atom stereocenters. The molecule has 3 N–H and O–H groups in total. The molecule has 1 heterocycles. The number of hydrazone groups is 1. The van der Waals surface area contributed by atoms with Crippen LogP contribution in [-0.4, -0.2) is 27.8 Å². The molecule has 0 saturated heterocycles. The third-order valence-corrected chi connectivity index (χ3v) is 6.35. The molecule has 0 unspecified atom stereocenters. The number of hydrogen-bond donors (Lipinski definition) is 3. The number of nitrogens with one attached hydrogen (secondary N) is 1. The van der Waals surface area contributed by atoms with Crippen molar-refractivity contribution in [2.24, 2.45) is 5.10 Å². The van der Waals surface area contributed by atoms with Crippen LogP contribution >= 0.6 is 0 Å². The normalized spacial score (nSPS) is 13.6. The van der Waals surface area contributed by atoms with Crippen molar-refractivity contribution in [3.63, 3.8) is 0 Å². The van der Waals surface area contributed by atoms with Crippen LogP contribution in [0.1, 0.15) is 27.0 Å². The third kappa shape index (κ3) is 4.29. The van der Waals surface area contributed by atoms with Gasteiger partial charge in [-0.05, 0) is 79.1 Å². The highest BCUT2D eigenvalue weighted by atomic mass is 19.1. The summed E-state index contributed by atoms with van der Waals surface area (Å²) in [6.07, 6.45) is 0. The van der Waals surface area contributed by atoms with Crippen LogP contribution in [0.4, 0.5) is 21.5 Å². The van der Waals surface area contributed by atoms with E-state index < -0.39 is 17.7 Å². The van der Waals surface area contributed by atoms with Gasteiger partial charge in [0, 0.05) is 16.8 Å². The number of nitrogens with zero attached hydrogens (tertiary/aromatic N) is 2. The molecule has 37 heavy (non-hydrogen) atoms. The Morgan fingerprint density at radius 1 is 0.919 bits per heavy atom. The van der Waals surface area contributed by atoms with Gasteiger partial charge >= 0.3 is 5.97 Å². The summed E-state index contributed by atoms with van der Waals surface area (Å²) in [5.74, 6) is -2.17. The van der Waals surface area contributed by atoms with E-state index in [1.165, 1.54) is 35.2 Å². The summed E-state index contributed by atoms with van der Waals surface area (Å²) >= 11 is 0. The average Bonchev–Trinajstić information content (AvgIpc) is 3.15. The molecule has 4 aromatic carbocycles. The number of aromatic carboxylic acids is 1. The molecule has 184 valence electrons. The standard InChI is InChI=1S/C29H22FN3O4/c1-16-9-11-21(13-17(16)2)33-25-15-20(30)10-12-23(25)26(28(33)35)32-31-24-8-4-7-22(27(24)34)18-5-3-6-19(14-18)29(36)37/h3-15,31,34H,1-2H3,(H,36,37). The second-order valence-electron chi connectivity index (χ2n) is 8.73. The summed E-state index contributed by atoms with van der Waals surface area (Å²) in [7, 11) is 0. The molecule has 0 radical (unpaired) electrons. The number of anilines is 3. The first-order valence-corrected chi connectivity index (χ1v) is 11.5. The van der Waals surface area contributed by atoms with Crippen molar-refractivity contribution in [1.29, 1.82) is 0 Å². The molecule has 0 bridgehead atoms. The molecule has 1 aliphatic rings. The number of carboxylic acids is 1. The molecule has 5 rings (SSSR count). The molecule has 0 aliphatic carbocycles. The number of aromatic hydroxyl groups is 1. The van der Waals surface area contributed by atoms with Crippen LogP contribution < -0.4 is 10.3 Å². The lowest BCUT2D eigenvalue weighted by molar-refractivity contribution is -0.111. The lowest BCUT2D eigenvalue weighted by atomic mass is 10.0. The monoisotopic (exact) mass is 495 g/mol. The molecule has 7 nitrogen and oxygen atoms in total. The Balaban J connectivity index is 1.53. The second-order valence-corrected chi connectivity index (χ2v) is 8.73. The van der Waals surface area contributed by atoms with Crippen LogP contribution in [0.3, 0.4) is 0 Å². The summed E-state index contributed by atoms with van der Waals surface area (Å²) in [4.78, 5) is 26.2. The van der Waals surface area contributed by atoms with Crippen LogP contribution in [0.15, 0.2) is 84.0 Å². The van der Waals surface area contributed by atoms with E-state index in [-0.39, 0.29) is 22.7 Å². The molecule has 0 aromatic heterocycles. The minimum absolute atomic E-state index is 0.0610. The van der Waals surface area contributed by atoms with Gasteiger partial charge in [-0.15, -0.1) is 0 Å². The Morgan fingerprint density at radius 2 is 1.70 bits per heavy atom. The maximum absolute atomic E-state index is 14.2. The van der Waals surface area contributed by atoms with Gasteiger partial charge in [-0.1, -0.05) is 30.3 Å². The van der Waals surface area contributed by atoms with Crippen molar-refractivity contribution in [1.82, 2.24) is 0 Å². The Bertz CT molecular complexity index is 1610. The number of rotatable bonds is 5. The maximum Gasteiger partial charge on any atom is 0.335 e. The van der Waals surface area contributed by atoms with Crippen molar-refractivity contribution < 1.29 is 24.2 Å². The highest BCUT2D eigenvalue weighted by Gasteiger charge is 2.36. The zero-order chi connectivity index (χ0) is 26.3. The first-order valence-electron chi connectivity index (χ1n) is 11.5. The number of halogens is 1. The van der Waals surface area contributed by atoms with Gasteiger partial charge in [0.15, 0.2) is 5.71 Å². The van der Waals surface area contributed by atoms with Gasteiger partial charge in [0.2, 0.25) is 0 Å². The van der Waals surface area contributed by atoms with Gasteiger partial charge in [0.1, 0.15) is 11.6 Å². The zero-order valence-electron chi connectivity index (χ0n) is 20.0. The van der Waals surface area contributed by atoms with E-state index in [1.54, 1.807) is 36.4 Å². The van der Waals surface area contributed by atoms with Crippen LogP contribution in [0.2, 0.25) is 0 Å².